The lowest BCUT2D eigenvalue weighted by atomic mass is 10.0. The third kappa shape index (κ3) is 3.57. The predicted octanol–water partition coefficient (Wildman–Crippen LogP) is 2.25. The Morgan fingerprint density at radius 3 is 2.79 bits per heavy atom. The van der Waals surface area contributed by atoms with Gasteiger partial charge in [0, 0.05) is 27.9 Å². The Labute approximate surface area is 171 Å². The van der Waals surface area contributed by atoms with Gasteiger partial charge in [0.25, 0.3) is 11.5 Å². The summed E-state index contributed by atoms with van der Waals surface area (Å²) >= 11 is 1.46. The van der Waals surface area contributed by atoms with Crippen LogP contribution in [0.3, 0.4) is 0 Å². The van der Waals surface area contributed by atoms with Crippen LogP contribution in [0.5, 0.6) is 0 Å². The zero-order valence-corrected chi connectivity index (χ0v) is 17.2. The molecule has 0 aromatic carbocycles. The van der Waals surface area contributed by atoms with Crippen molar-refractivity contribution in [3.63, 3.8) is 0 Å². The van der Waals surface area contributed by atoms with Crippen molar-refractivity contribution in [1.82, 2.24) is 14.6 Å². The molecule has 29 heavy (non-hydrogen) atoms. The summed E-state index contributed by atoms with van der Waals surface area (Å²) in [6.07, 6.45) is 5.06. The van der Waals surface area contributed by atoms with Gasteiger partial charge in [0.15, 0.2) is 5.65 Å². The number of nitrogens with zero attached hydrogens (tertiary/aromatic N) is 2. The normalized spacial score (nSPS) is 13.9. The number of nitrogens with two attached hydrogens (primary N) is 1. The number of hydrogen-bond acceptors (Lipinski definition) is 5. The molecular formula is C20H23N5O3S. The minimum Gasteiger partial charge on any atom is -0.365 e. The molecule has 2 amide bonds. The number of H-pyrrole nitrogens is 1. The number of rotatable bonds is 4. The first-order valence-electron chi connectivity index (χ1n) is 9.67. The van der Waals surface area contributed by atoms with Gasteiger partial charge in [-0.3, -0.25) is 19.5 Å². The second kappa shape index (κ2) is 7.47. The number of carbonyl (C=O) groups is 2. The largest absolute Gasteiger partial charge is 0.365 e. The second-order valence-corrected chi connectivity index (χ2v) is 8.54. The van der Waals surface area contributed by atoms with Crippen molar-refractivity contribution < 1.29 is 9.59 Å². The van der Waals surface area contributed by atoms with Gasteiger partial charge in [-0.2, -0.15) is 0 Å². The van der Waals surface area contributed by atoms with E-state index in [2.05, 4.69) is 15.4 Å². The van der Waals surface area contributed by atoms with Crippen LogP contribution in [-0.4, -0.2) is 26.4 Å². The first kappa shape index (κ1) is 19.4. The molecule has 9 heteroatoms. The highest BCUT2D eigenvalue weighted by Gasteiger charge is 2.24. The lowest BCUT2D eigenvalue weighted by Gasteiger charge is -2.12. The first-order chi connectivity index (χ1) is 13.8. The van der Waals surface area contributed by atoms with E-state index in [1.54, 1.807) is 4.52 Å². The monoisotopic (exact) mass is 413 g/mol. The Balaban J connectivity index is 1.63. The van der Waals surface area contributed by atoms with Gasteiger partial charge in [0.2, 0.25) is 5.91 Å². The Morgan fingerprint density at radius 1 is 1.28 bits per heavy atom. The molecule has 0 aliphatic heterocycles. The maximum atomic E-state index is 12.8. The highest BCUT2D eigenvalue weighted by Crippen LogP contribution is 2.37. The zero-order chi connectivity index (χ0) is 20.7. The molecule has 0 radical (unpaired) electrons. The zero-order valence-electron chi connectivity index (χ0n) is 16.4. The Kier molecular flexibility index (Phi) is 4.99. The molecule has 0 unspecified atom stereocenters. The van der Waals surface area contributed by atoms with Gasteiger partial charge < -0.3 is 11.1 Å². The quantitative estimate of drug-likeness (QED) is 0.568. The molecule has 8 nitrogen and oxygen atoms in total. The van der Waals surface area contributed by atoms with E-state index in [0.29, 0.717) is 21.9 Å². The van der Waals surface area contributed by atoms with Crippen molar-refractivity contribution in [2.24, 2.45) is 5.73 Å². The van der Waals surface area contributed by atoms with Crippen molar-refractivity contribution in [1.29, 1.82) is 0 Å². The molecular weight excluding hydrogens is 390 g/mol. The van der Waals surface area contributed by atoms with Crippen LogP contribution in [-0.2, 0) is 24.1 Å². The molecule has 1 aliphatic carbocycles. The van der Waals surface area contributed by atoms with Gasteiger partial charge in [0.1, 0.15) is 5.00 Å². The van der Waals surface area contributed by atoms with Crippen LogP contribution in [0.2, 0.25) is 0 Å². The summed E-state index contributed by atoms with van der Waals surface area (Å²) in [5.41, 5.74) is 9.55. The van der Waals surface area contributed by atoms with Crippen molar-refractivity contribution in [2.45, 2.75) is 52.4 Å². The molecule has 1 aliphatic rings. The van der Waals surface area contributed by atoms with Crippen LogP contribution in [0.1, 0.15) is 57.0 Å². The fourth-order valence-electron chi connectivity index (χ4n) is 4.03. The molecule has 152 valence electrons. The van der Waals surface area contributed by atoms with E-state index in [-0.39, 0.29) is 17.9 Å². The number of aromatic amines is 1. The van der Waals surface area contributed by atoms with Crippen molar-refractivity contribution in [3.8, 4) is 0 Å². The van der Waals surface area contributed by atoms with Crippen molar-refractivity contribution >= 4 is 33.8 Å². The number of amides is 2. The standard InChI is InChI=1S/C20H23N5O3S/c1-10-13(11(2)25-15(22-10)9-17(27)24-25)8-16(26)23-20-18(19(21)28)12-6-4-3-5-7-14(12)29-20/h9H,3-8H2,1-2H3,(H2,21,28)(H,23,26)(H,24,27). The lowest BCUT2D eigenvalue weighted by molar-refractivity contribution is -0.115. The molecule has 4 rings (SSSR count). The maximum absolute atomic E-state index is 12.8. The highest BCUT2D eigenvalue weighted by molar-refractivity contribution is 7.17. The molecule has 0 saturated heterocycles. The van der Waals surface area contributed by atoms with Crippen LogP contribution < -0.4 is 16.6 Å². The number of carbonyl (C=O) groups excluding carboxylic acids is 2. The average molecular weight is 414 g/mol. The Bertz CT molecular complexity index is 1190. The SMILES string of the molecule is Cc1nc2cc(=O)[nH]n2c(C)c1CC(=O)Nc1sc2c(c1C(N)=O)CCCCC2. The van der Waals surface area contributed by atoms with Crippen molar-refractivity contribution in [2.75, 3.05) is 5.32 Å². The van der Waals surface area contributed by atoms with E-state index in [1.807, 2.05) is 13.8 Å². The minimum absolute atomic E-state index is 0.0849. The van der Waals surface area contributed by atoms with Crippen LogP contribution in [0.4, 0.5) is 5.00 Å². The van der Waals surface area contributed by atoms with Gasteiger partial charge in [-0.25, -0.2) is 9.50 Å². The fourth-order valence-corrected chi connectivity index (χ4v) is 5.34. The molecule has 0 bridgehead atoms. The number of nitrogens with one attached hydrogen (secondary N) is 2. The third-order valence-corrected chi connectivity index (χ3v) is 6.67. The van der Waals surface area contributed by atoms with Crippen LogP contribution in [0, 0.1) is 13.8 Å². The number of thiophene rings is 1. The fraction of sp³-hybridized carbons (Fsp3) is 0.400. The summed E-state index contributed by atoms with van der Waals surface area (Å²) < 4.78 is 1.58. The highest BCUT2D eigenvalue weighted by atomic mass is 32.1. The van der Waals surface area contributed by atoms with Crippen molar-refractivity contribution in [3.05, 3.63) is 49.4 Å². The van der Waals surface area contributed by atoms with Gasteiger partial charge in [-0.15, -0.1) is 11.3 Å². The molecule has 3 heterocycles. The van der Waals surface area contributed by atoms with Gasteiger partial charge in [0.05, 0.1) is 12.0 Å². The second-order valence-electron chi connectivity index (χ2n) is 7.43. The molecule has 3 aromatic rings. The number of fused-ring (bicyclic) bond motifs is 2. The Hall–Kier alpha value is -2.94. The topological polar surface area (TPSA) is 122 Å². The van der Waals surface area contributed by atoms with E-state index < -0.39 is 5.91 Å². The smallest absolute Gasteiger partial charge is 0.266 e. The van der Waals surface area contributed by atoms with E-state index in [1.165, 1.54) is 17.4 Å². The lowest BCUT2D eigenvalue weighted by Crippen LogP contribution is -2.20. The number of aromatic nitrogens is 3. The molecule has 0 saturated carbocycles. The van der Waals surface area contributed by atoms with E-state index in [4.69, 9.17) is 5.73 Å². The molecule has 0 atom stereocenters. The average Bonchev–Trinajstić information content (AvgIpc) is 3.10. The van der Waals surface area contributed by atoms with E-state index >= 15 is 0 Å². The maximum Gasteiger partial charge on any atom is 0.266 e. The number of aryl methyl sites for hydroxylation is 3. The Morgan fingerprint density at radius 2 is 2.03 bits per heavy atom. The van der Waals surface area contributed by atoms with Gasteiger partial charge in [-0.1, -0.05) is 6.42 Å². The summed E-state index contributed by atoms with van der Waals surface area (Å²) in [5, 5.41) is 6.12. The summed E-state index contributed by atoms with van der Waals surface area (Å²) in [5.74, 6) is -0.745. The molecule has 0 fully saturated rings. The third-order valence-electron chi connectivity index (χ3n) is 5.46. The number of hydrogen-bond donors (Lipinski definition) is 3. The minimum atomic E-state index is -0.500. The van der Waals surface area contributed by atoms with Gasteiger partial charge in [-0.05, 0) is 45.1 Å². The molecule has 0 spiro atoms. The van der Waals surface area contributed by atoms with Gasteiger partial charge >= 0.3 is 0 Å². The summed E-state index contributed by atoms with van der Waals surface area (Å²) in [6.45, 7) is 3.65. The van der Waals surface area contributed by atoms with Crippen LogP contribution in [0.25, 0.3) is 5.65 Å². The van der Waals surface area contributed by atoms with Crippen LogP contribution in [0.15, 0.2) is 10.9 Å². The van der Waals surface area contributed by atoms with Crippen LogP contribution >= 0.6 is 11.3 Å². The number of primary amides is 1. The number of anilines is 1. The van der Waals surface area contributed by atoms with E-state index in [0.717, 1.165) is 53.8 Å². The predicted molar refractivity (Wildman–Crippen MR) is 112 cm³/mol. The summed E-state index contributed by atoms with van der Waals surface area (Å²) in [4.78, 5) is 42.1. The summed E-state index contributed by atoms with van der Waals surface area (Å²) in [7, 11) is 0. The first-order valence-corrected chi connectivity index (χ1v) is 10.5. The molecule has 3 aromatic heterocycles. The summed E-state index contributed by atoms with van der Waals surface area (Å²) in [6, 6.07) is 1.42. The van der Waals surface area contributed by atoms with E-state index in [9.17, 15) is 14.4 Å². The molecule has 4 N–H and O–H groups in total.